The summed E-state index contributed by atoms with van der Waals surface area (Å²) in [5.41, 5.74) is 3.49. The van der Waals surface area contributed by atoms with Gasteiger partial charge in [-0.2, -0.15) is 5.10 Å². The first-order valence-electron chi connectivity index (χ1n) is 4.91. The number of H-pyrrole nitrogens is 1. The van der Waals surface area contributed by atoms with E-state index in [0.717, 1.165) is 22.5 Å². The second-order valence-electron chi connectivity index (χ2n) is 3.55. The molecule has 0 aliphatic heterocycles. The van der Waals surface area contributed by atoms with E-state index in [1.54, 1.807) is 11.0 Å². The van der Waals surface area contributed by atoms with Crippen LogP contribution in [0.2, 0.25) is 5.02 Å². The van der Waals surface area contributed by atoms with Crippen molar-refractivity contribution in [2.75, 3.05) is 0 Å². The quantitative estimate of drug-likeness (QED) is 0.701. The molecule has 5 heteroatoms. The molecule has 0 bridgehead atoms. The highest BCUT2D eigenvalue weighted by atomic mass is 35.5. The summed E-state index contributed by atoms with van der Waals surface area (Å²) < 4.78 is 1.75. The Bertz CT molecular complexity index is 653. The van der Waals surface area contributed by atoms with Gasteiger partial charge in [-0.1, -0.05) is 23.7 Å². The van der Waals surface area contributed by atoms with E-state index < -0.39 is 0 Å². The van der Waals surface area contributed by atoms with Crippen LogP contribution in [0.3, 0.4) is 0 Å². The number of fused-ring (bicyclic) bond motifs is 1. The largest absolute Gasteiger partial charge is 0.342 e. The van der Waals surface area contributed by atoms with Gasteiger partial charge in [0.2, 0.25) is 0 Å². The number of nitrogens with one attached hydrogen (secondary N) is 1. The van der Waals surface area contributed by atoms with Gasteiger partial charge in [0.15, 0.2) is 5.65 Å². The summed E-state index contributed by atoms with van der Waals surface area (Å²) in [5, 5.41) is 5.08. The highest BCUT2D eigenvalue weighted by molar-refractivity contribution is 6.32. The molecule has 0 spiro atoms. The van der Waals surface area contributed by atoms with Crippen LogP contribution >= 0.6 is 11.6 Å². The smallest absolute Gasteiger partial charge is 0.181 e. The number of benzene rings is 1. The molecule has 0 radical (unpaired) electrons. The molecular weight excluding hydrogens is 224 g/mol. The molecule has 2 aromatic heterocycles. The third kappa shape index (κ3) is 1.23. The number of imidazole rings is 1. The minimum absolute atomic E-state index is 0.662. The Balaban J connectivity index is 2.34. The van der Waals surface area contributed by atoms with Crippen LogP contribution in [0.4, 0.5) is 0 Å². The van der Waals surface area contributed by atoms with E-state index in [4.69, 9.17) is 11.6 Å². The zero-order chi connectivity index (χ0) is 11.1. The Morgan fingerprint density at radius 3 is 2.94 bits per heavy atom. The predicted octanol–water partition coefficient (Wildman–Crippen LogP) is 2.71. The molecule has 2 heterocycles. The summed E-state index contributed by atoms with van der Waals surface area (Å²) in [4.78, 5) is 7.30. The molecule has 0 amide bonds. The Labute approximate surface area is 96.9 Å². The Hall–Kier alpha value is -1.81. The Morgan fingerprint density at radius 2 is 2.12 bits per heavy atom. The lowest BCUT2D eigenvalue weighted by Crippen LogP contribution is -1.97. The first-order valence-corrected chi connectivity index (χ1v) is 5.29. The number of nitrogens with zero attached hydrogens (tertiary/aromatic N) is 3. The summed E-state index contributed by atoms with van der Waals surface area (Å²) >= 11 is 6.14. The topological polar surface area (TPSA) is 46.5 Å². The van der Waals surface area contributed by atoms with Gasteiger partial charge in [0.05, 0.1) is 22.7 Å². The number of aromatic amines is 1. The van der Waals surface area contributed by atoms with Crippen molar-refractivity contribution in [3.8, 4) is 5.69 Å². The van der Waals surface area contributed by atoms with Crippen molar-refractivity contribution in [3.05, 3.63) is 41.3 Å². The van der Waals surface area contributed by atoms with Gasteiger partial charge in [-0.3, -0.25) is 0 Å². The van der Waals surface area contributed by atoms with E-state index in [1.165, 1.54) is 0 Å². The fourth-order valence-electron chi connectivity index (χ4n) is 1.75. The summed E-state index contributed by atoms with van der Waals surface area (Å²) in [6.07, 6.45) is 1.66. The lowest BCUT2D eigenvalue weighted by Gasteiger charge is -2.03. The Kier molecular flexibility index (Phi) is 1.97. The predicted molar refractivity (Wildman–Crippen MR) is 63.0 cm³/mol. The third-order valence-corrected chi connectivity index (χ3v) is 2.83. The molecule has 1 N–H and O–H groups in total. The van der Waals surface area contributed by atoms with Gasteiger partial charge in [-0.25, -0.2) is 9.67 Å². The maximum Gasteiger partial charge on any atom is 0.181 e. The molecule has 80 valence electrons. The molecule has 1 aromatic carbocycles. The van der Waals surface area contributed by atoms with E-state index in [0.29, 0.717) is 5.02 Å². The monoisotopic (exact) mass is 232 g/mol. The van der Waals surface area contributed by atoms with Crippen LogP contribution in [0, 0.1) is 6.92 Å². The van der Waals surface area contributed by atoms with Crippen LogP contribution in [0.15, 0.2) is 30.6 Å². The molecule has 3 aromatic rings. The third-order valence-electron chi connectivity index (χ3n) is 2.51. The molecule has 0 saturated carbocycles. The van der Waals surface area contributed by atoms with Gasteiger partial charge in [0, 0.05) is 0 Å². The Morgan fingerprint density at radius 1 is 1.31 bits per heavy atom. The molecular formula is C11H9ClN4. The molecule has 4 nitrogen and oxygen atoms in total. The zero-order valence-corrected chi connectivity index (χ0v) is 9.36. The summed E-state index contributed by atoms with van der Waals surface area (Å²) in [6, 6.07) is 7.58. The van der Waals surface area contributed by atoms with Crippen LogP contribution in [-0.4, -0.2) is 19.7 Å². The normalized spacial score (nSPS) is 11.1. The number of hydrogen-bond donors (Lipinski definition) is 1. The van der Waals surface area contributed by atoms with Gasteiger partial charge >= 0.3 is 0 Å². The van der Waals surface area contributed by atoms with Crippen molar-refractivity contribution in [1.29, 1.82) is 0 Å². The number of halogens is 1. The van der Waals surface area contributed by atoms with E-state index in [1.807, 2.05) is 31.2 Å². The van der Waals surface area contributed by atoms with Crippen LogP contribution in [0.25, 0.3) is 16.9 Å². The second kappa shape index (κ2) is 3.35. The molecule has 3 rings (SSSR count). The standard InChI is InChI=1S/C11H9ClN4/c1-7-10-11(14-6-13-10)16(15-7)9-5-3-2-4-8(9)12/h2-6H,1H3,(H,13,14). The maximum absolute atomic E-state index is 6.14. The highest BCUT2D eigenvalue weighted by Crippen LogP contribution is 2.23. The zero-order valence-electron chi connectivity index (χ0n) is 8.61. The summed E-state index contributed by atoms with van der Waals surface area (Å²) in [7, 11) is 0. The number of rotatable bonds is 1. The van der Waals surface area contributed by atoms with Gasteiger partial charge in [-0.05, 0) is 19.1 Å². The first kappa shape index (κ1) is 9.42. The van der Waals surface area contributed by atoms with Crippen LogP contribution < -0.4 is 0 Å². The number of aryl methyl sites for hydroxylation is 1. The minimum Gasteiger partial charge on any atom is -0.342 e. The lowest BCUT2D eigenvalue weighted by molar-refractivity contribution is 0.876. The van der Waals surface area contributed by atoms with Crippen molar-refractivity contribution in [2.45, 2.75) is 6.92 Å². The van der Waals surface area contributed by atoms with Crippen molar-refractivity contribution >= 4 is 22.8 Å². The van der Waals surface area contributed by atoms with Crippen LogP contribution in [0.1, 0.15) is 5.69 Å². The molecule has 0 fully saturated rings. The molecule has 0 aliphatic carbocycles. The van der Waals surface area contributed by atoms with Gasteiger partial charge in [0.25, 0.3) is 0 Å². The van der Waals surface area contributed by atoms with Gasteiger partial charge < -0.3 is 4.98 Å². The molecule has 16 heavy (non-hydrogen) atoms. The van der Waals surface area contributed by atoms with E-state index in [2.05, 4.69) is 15.1 Å². The fraction of sp³-hybridized carbons (Fsp3) is 0.0909. The van der Waals surface area contributed by atoms with Crippen molar-refractivity contribution < 1.29 is 0 Å². The number of hydrogen-bond acceptors (Lipinski definition) is 2. The van der Waals surface area contributed by atoms with Gasteiger partial charge in [-0.15, -0.1) is 0 Å². The van der Waals surface area contributed by atoms with Crippen molar-refractivity contribution in [1.82, 2.24) is 19.7 Å². The summed E-state index contributed by atoms with van der Waals surface area (Å²) in [6.45, 7) is 1.94. The number of para-hydroxylation sites is 1. The van der Waals surface area contributed by atoms with Crippen molar-refractivity contribution in [2.24, 2.45) is 0 Å². The average Bonchev–Trinajstić information content (AvgIpc) is 2.84. The van der Waals surface area contributed by atoms with E-state index >= 15 is 0 Å². The molecule has 0 saturated heterocycles. The summed E-state index contributed by atoms with van der Waals surface area (Å²) in [5.74, 6) is 0. The molecule has 0 unspecified atom stereocenters. The van der Waals surface area contributed by atoms with Gasteiger partial charge in [0.1, 0.15) is 5.52 Å². The average molecular weight is 233 g/mol. The van der Waals surface area contributed by atoms with Crippen molar-refractivity contribution in [3.63, 3.8) is 0 Å². The molecule has 0 aliphatic rings. The maximum atomic E-state index is 6.14. The fourth-order valence-corrected chi connectivity index (χ4v) is 1.97. The van der Waals surface area contributed by atoms with E-state index in [9.17, 15) is 0 Å². The first-order chi connectivity index (χ1) is 7.77. The SMILES string of the molecule is Cc1nn(-c2ccccc2Cl)c2nc[nH]c12. The van der Waals surface area contributed by atoms with Crippen LogP contribution in [0.5, 0.6) is 0 Å². The highest BCUT2D eigenvalue weighted by Gasteiger charge is 2.12. The number of aromatic nitrogens is 4. The second-order valence-corrected chi connectivity index (χ2v) is 3.96. The van der Waals surface area contributed by atoms with E-state index in [-0.39, 0.29) is 0 Å². The minimum atomic E-state index is 0.662. The van der Waals surface area contributed by atoms with Crippen LogP contribution in [-0.2, 0) is 0 Å². The molecule has 0 atom stereocenters. The lowest BCUT2D eigenvalue weighted by atomic mass is 10.3.